The van der Waals surface area contributed by atoms with Crippen molar-refractivity contribution < 1.29 is 9.84 Å². The Hall–Kier alpha value is -3.67. The number of rotatable bonds is 4. The van der Waals surface area contributed by atoms with E-state index >= 15 is 0 Å². The molecule has 0 atom stereocenters. The zero-order valence-corrected chi connectivity index (χ0v) is 15.0. The van der Waals surface area contributed by atoms with Gasteiger partial charge in [-0.25, -0.2) is 4.98 Å². The Morgan fingerprint density at radius 2 is 1.81 bits per heavy atom. The van der Waals surface area contributed by atoms with Crippen molar-refractivity contribution in [3.8, 4) is 22.8 Å². The van der Waals surface area contributed by atoms with Crippen molar-refractivity contribution in [1.82, 2.24) is 9.38 Å². The highest BCUT2D eigenvalue weighted by atomic mass is 16.5. The number of pyridine rings is 1. The smallest absolute Gasteiger partial charge is 0.187 e. The van der Waals surface area contributed by atoms with E-state index in [1.807, 2.05) is 53.9 Å². The number of phenolic OH excluding ortho intramolecular Hbond substituents is 1. The van der Waals surface area contributed by atoms with E-state index in [4.69, 9.17) is 9.72 Å². The zero-order valence-electron chi connectivity index (χ0n) is 15.0. The predicted octanol–water partition coefficient (Wildman–Crippen LogP) is 5.44. The lowest BCUT2D eigenvalue weighted by molar-refractivity contribution is 0.416. The van der Waals surface area contributed by atoms with Crippen LogP contribution in [0.1, 0.15) is 5.56 Å². The second-order valence-electron chi connectivity index (χ2n) is 6.13. The number of azo groups is 1. The number of imidazole rings is 1. The second-order valence-corrected chi connectivity index (χ2v) is 6.13. The van der Waals surface area contributed by atoms with E-state index in [1.165, 1.54) is 0 Å². The molecule has 0 bridgehead atoms. The summed E-state index contributed by atoms with van der Waals surface area (Å²) in [5.41, 5.74) is 4.07. The van der Waals surface area contributed by atoms with Crippen LogP contribution in [-0.4, -0.2) is 21.6 Å². The molecule has 0 spiro atoms. The molecule has 134 valence electrons. The van der Waals surface area contributed by atoms with E-state index in [2.05, 4.69) is 10.2 Å². The third kappa shape index (κ3) is 3.25. The highest BCUT2D eigenvalue weighted by Gasteiger charge is 2.17. The van der Waals surface area contributed by atoms with Crippen molar-refractivity contribution in [3.05, 3.63) is 72.4 Å². The fraction of sp³-hybridized carbons (Fsp3) is 0.0952. The van der Waals surface area contributed by atoms with E-state index in [0.717, 1.165) is 22.5 Å². The Bertz CT molecular complexity index is 1130. The Labute approximate surface area is 156 Å². The molecule has 2 aromatic carbocycles. The number of methoxy groups -OCH3 is 1. The van der Waals surface area contributed by atoms with Crippen molar-refractivity contribution >= 4 is 17.2 Å². The van der Waals surface area contributed by atoms with Crippen LogP contribution in [0, 0.1) is 6.92 Å². The molecule has 27 heavy (non-hydrogen) atoms. The van der Waals surface area contributed by atoms with Gasteiger partial charge in [0.25, 0.3) is 0 Å². The van der Waals surface area contributed by atoms with Gasteiger partial charge in [0, 0.05) is 11.8 Å². The summed E-state index contributed by atoms with van der Waals surface area (Å²) in [5.74, 6) is 1.53. The van der Waals surface area contributed by atoms with Crippen LogP contribution in [0.3, 0.4) is 0 Å². The number of aromatic hydroxyl groups is 1. The maximum absolute atomic E-state index is 9.43. The molecule has 0 saturated heterocycles. The largest absolute Gasteiger partial charge is 0.508 e. The van der Waals surface area contributed by atoms with E-state index in [-0.39, 0.29) is 5.75 Å². The van der Waals surface area contributed by atoms with E-state index in [9.17, 15) is 5.11 Å². The summed E-state index contributed by atoms with van der Waals surface area (Å²) in [6.07, 6.45) is 1.90. The van der Waals surface area contributed by atoms with Crippen molar-refractivity contribution in [2.45, 2.75) is 6.92 Å². The van der Waals surface area contributed by atoms with E-state index in [0.29, 0.717) is 17.2 Å². The van der Waals surface area contributed by atoms with Gasteiger partial charge in [-0.2, -0.15) is 0 Å². The zero-order chi connectivity index (χ0) is 18.8. The number of aromatic nitrogens is 2. The minimum absolute atomic E-state index is 0.189. The van der Waals surface area contributed by atoms with Crippen LogP contribution in [0.4, 0.5) is 11.5 Å². The molecule has 6 heteroatoms. The predicted molar refractivity (Wildman–Crippen MR) is 104 cm³/mol. The summed E-state index contributed by atoms with van der Waals surface area (Å²) in [4.78, 5) is 4.75. The number of benzene rings is 2. The number of phenols is 1. The van der Waals surface area contributed by atoms with Crippen LogP contribution in [0.25, 0.3) is 16.9 Å². The standard InChI is InChI=1S/C21H18N4O2/c1-14-6-11-18(27-2)17(13-14)20-21(25-12-4-3-5-19(25)22-20)24-23-15-7-9-16(26)10-8-15/h3-13,26H,1-2H3. The van der Waals surface area contributed by atoms with Gasteiger partial charge in [-0.3, -0.25) is 4.40 Å². The quantitative estimate of drug-likeness (QED) is 0.494. The second kappa shape index (κ2) is 6.92. The van der Waals surface area contributed by atoms with Gasteiger partial charge in [-0.1, -0.05) is 17.7 Å². The van der Waals surface area contributed by atoms with Gasteiger partial charge in [0.15, 0.2) is 5.82 Å². The fourth-order valence-electron chi connectivity index (χ4n) is 2.89. The Kier molecular flexibility index (Phi) is 4.30. The summed E-state index contributed by atoms with van der Waals surface area (Å²) >= 11 is 0. The van der Waals surface area contributed by atoms with Crippen LogP contribution in [0.5, 0.6) is 11.5 Å². The molecule has 4 rings (SSSR count). The average Bonchev–Trinajstić information content (AvgIpc) is 3.06. The van der Waals surface area contributed by atoms with Crippen LogP contribution < -0.4 is 4.74 Å². The first-order valence-corrected chi connectivity index (χ1v) is 8.48. The minimum Gasteiger partial charge on any atom is -0.508 e. The lowest BCUT2D eigenvalue weighted by Crippen LogP contribution is -1.89. The van der Waals surface area contributed by atoms with Gasteiger partial charge in [-0.05, 0) is 55.5 Å². The third-order valence-electron chi connectivity index (χ3n) is 4.22. The first-order chi connectivity index (χ1) is 13.2. The number of hydrogen-bond acceptors (Lipinski definition) is 5. The molecule has 1 N–H and O–H groups in total. The van der Waals surface area contributed by atoms with Crippen molar-refractivity contribution in [2.24, 2.45) is 10.2 Å². The summed E-state index contributed by atoms with van der Waals surface area (Å²) in [6.45, 7) is 2.02. The number of ether oxygens (including phenoxy) is 1. The molecule has 0 saturated carbocycles. The Morgan fingerprint density at radius 3 is 2.59 bits per heavy atom. The number of nitrogens with zero attached hydrogens (tertiary/aromatic N) is 4. The third-order valence-corrected chi connectivity index (χ3v) is 4.22. The molecular formula is C21H18N4O2. The molecule has 0 amide bonds. The highest BCUT2D eigenvalue weighted by Crippen LogP contribution is 2.37. The normalized spacial score (nSPS) is 11.3. The van der Waals surface area contributed by atoms with Gasteiger partial charge >= 0.3 is 0 Å². The number of hydrogen-bond donors (Lipinski definition) is 1. The summed E-state index contributed by atoms with van der Waals surface area (Å²) in [7, 11) is 1.64. The lowest BCUT2D eigenvalue weighted by atomic mass is 10.1. The molecule has 0 unspecified atom stereocenters. The highest BCUT2D eigenvalue weighted by molar-refractivity contribution is 5.79. The summed E-state index contributed by atoms with van der Waals surface area (Å²) < 4.78 is 7.42. The molecule has 2 heterocycles. The van der Waals surface area contributed by atoms with Crippen molar-refractivity contribution in [2.75, 3.05) is 7.11 Å². The van der Waals surface area contributed by atoms with Gasteiger partial charge in [-0.15, -0.1) is 10.2 Å². The van der Waals surface area contributed by atoms with Crippen molar-refractivity contribution in [1.29, 1.82) is 0 Å². The van der Waals surface area contributed by atoms with Crippen LogP contribution >= 0.6 is 0 Å². The van der Waals surface area contributed by atoms with Crippen LogP contribution in [0.15, 0.2) is 77.1 Å². The first-order valence-electron chi connectivity index (χ1n) is 8.48. The fourth-order valence-corrected chi connectivity index (χ4v) is 2.89. The molecule has 4 aromatic rings. The summed E-state index contributed by atoms with van der Waals surface area (Å²) in [6, 6.07) is 18.3. The first kappa shape index (κ1) is 16.8. The molecule has 2 aromatic heterocycles. The van der Waals surface area contributed by atoms with Gasteiger partial charge in [0.05, 0.1) is 12.8 Å². The van der Waals surface area contributed by atoms with Crippen LogP contribution in [-0.2, 0) is 0 Å². The van der Waals surface area contributed by atoms with Gasteiger partial charge in [0.1, 0.15) is 22.8 Å². The summed E-state index contributed by atoms with van der Waals surface area (Å²) in [5, 5.41) is 18.2. The molecule has 0 radical (unpaired) electrons. The molecule has 0 aliphatic rings. The maximum atomic E-state index is 9.43. The Morgan fingerprint density at radius 1 is 1.00 bits per heavy atom. The maximum Gasteiger partial charge on any atom is 0.187 e. The molecule has 0 fully saturated rings. The lowest BCUT2D eigenvalue weighted by Gasteiger charge is -2.08. The van der Waals surface area contributed by atoms with Gasteiger partial charge in [0.2, 0.25) is 0 Å². The number of aryl methyl sites for hydroxylation is 1. The van der Waals surface area contributed by atoms with Crippen molar-refractivity contribution in [3.63, 3.8) is 0 Å². The Balaban J connectivity index is 1.90. The SMILES string of the molecule is COc1ccc(C)cc1-c1nc2ccccn2c1N=Nc1ccc(O)cc1. The molecular weight excluding hydrogens is 340 g/mol. The minimum atomic E-state index is 0.189. The molecule has 0 aliphatic heterocycles. The van der Waals surface area contributed by atoms with E-state index in [1.54, 1.807) is 31.4 Å². The average molecular weight is 358 g/mol. The van der Waals surface area contributed by atoms with Gasteiger partial charge < -0.3 is 9.84 Å². The van der Waals surface area contributed by atoms with E-state index < -0.39 is 0 Å². The van der Waals surface area contributed by atoms with Crippen LogP contribution in [0.2, 0.25) is 0 Å². The molecule has 6 nitrogen and oxygen atoms in total. The number of fused-ring (bicyclic) bond motifs is 1. The monoisotopic (exact) mass is 358 g/mol. The topological polar surface area (TPSA) is 71.5 Å². The molecule has 0 aliphatic carbocycles.